The molecule has 0 aliphatic rings. The summed E-state index contributed by atoms with van der Waals surface area (Å²) < 4.78 is 2.20. The lowest BCUT2D eigenvalue weighted by atomic mass is 9.99. The molecule has 0 fully saturated rings. The van der Waals surface area contributed by atoms with E-state index in [1.54, 1.807) is 0 Å². The Morgan fingerprint density at radius 1 is 0.972 bits per heavy atom. The van der Waals surface area contributed by atoms with Gasteiger partial charge < -0.3 is 9.88 Å². The van der Waals surface area contributed by atoms with E-state index in [9.17, 15) is 4.79 Å². The summed E-state index contributed by atoms with van der Waals surface area (Å²) in [5.41, 5.74) is 6.02. The summed E-state index contributed by atoms with van der Waals surface area (Å²) in [5, 5.41) is 13.3. The number of hydrogen-bond acceptors (Lipinski definition) is 5. The zero-order valence-electron chi connectivity index (χ0n) is 20.5. The van der Waals surface area contributed by atoms with Crippen LogP contribution in [0.15, 0.2) is 84.0 Å². The van der Waals surface area contributed by atoms with Crippen LogP contribution < -0.4 is 5.32 Å². The quantitative estimate of drug-likeness (QED) is 0.237. The van der Waals surface area contributed by atoms with Crippen LogP contribution in [-0.4, -0.2) is 31.4 Å². The van der Waals surface area contributed by atoms with Gasteiger partial charge in [-0.2, -0.15) is 0 Å². The highest BCUT2D eigenvalue weighted by atomic mass is 32.2. The number of nitrogens with one attached hydrogen (secondary N) is 1. The van der Waals surface area contributed by atoms with Gasteiger partial charge >= 0.3 is 0 Å². The first kappa shape index (κ1) is 24.0. The summed E-state index contributed by atoms with van der Waals surface area (Å²) in [4.78, 5) is 17.4. The fraction of sp³-hybridized carbons (Fsp3) is 0.241. The normalized spacial score (nSPS) is 12.2. The Hall–Kier alpha value is -3.71. The number of carbonyl (C=O) groups is 1. The number of aryl methyl sites for hydroxylation is 2. The van der Waals surface area contributed by atoms with Crippen molar-refractivity contribution in [3.8, 4) is 0 Å². The number of rotatable bonds is 9. The van der Waals surface area contributed by atoms with Gasteiger partial charge in [0.25, 0.3) is 0 Å². The molecule has 0 spiro atoms. The smallest absolute Gasteiger partial charge is 0.234 e. The molecule has 0 saturated carbocycles. The molecule has 0 aliphatic carbocycles. The molecule has 1 amide bonds. The van der Waals surface area contributed by atoms with E-state index < -0.39 is 0 Å². The van der Waals surface area contributed by atoms with Crippen LogP contribution in [0.4, 0.5) is 5.69 Å². The summed E-state index contributed by atoms with van der Waals surface area (Å²) in [6, 6.07) is 26.7. The topological polar surface area (TPSA) is 72.7 Å². The second-order valence-electron chi connectivity index (χ2n) is 8.94. The fourth-order valence-electron chi connectivity index (χ4n) is 4.32. The highest BCUT2D eigenvalue weighted by Crippen LogP contribution is 2.28. The Kier molecular flexibility index (Phi) is 7.28. The molecule has 5 rings (SSSR count). The molecule has 0 aliphatic heterocycles. The second-order valence-corrected chi connectivity index (χ2v) is 9.88. The van der Waals surface area contributed by atoms with E-state index in [2.05, 4.69) is 82.5 Å². The summed E-state index contributed by atoms with van der Waals surface area (Å²) in [6.45, 7) is 5.16. The first-order valence-corrected chi connectivity index (χ1v) is 13.3. The van der Waals surface area contributed by atoms with Crippen LogP contribution in [0.3, 0.4) is 0 Å². The van der Waals surface area contributed by atoms with Crippen molar-refractivity contribution < 1.29 is 4.79 Å². The van der Waals surface area contributed by atoms with Crippen molar-refractivity contribution in [3.63, 3.8) is 0 Å². The van der Waals surface area contributed by atoms with Gasteiger partial charge in [0.1, 0.15) is 5.52 Å². The van der Waals surface area contributed by atoms with E-state index >= 15 is 0 Å². The van der Waals surface area contributed by atoms with Gasteiger partial charge in [-0.15, -0.1) is 10.2 Å². The lowest BCUT2D eigenvalue weighted by Gasteiger charge is -2.10. The predicted molar refractivity (Wildman–Crippen MR) is 147 cm³/mol. The number of nitrogens with zero attached hydrogens (tertiary/aromatic N) is 4. The van der Waals surface area contributed by atoms with Gasteiger partial charge in [0.15, 0.2) is 5.65 Å². The first-order valence-electron chi connectivity index (χ1n) is 12.3. The molecular weight excluding hydrogens is 466 g/mol. The van der Waals surface area contributed by atoms with E-state index in [1.165, 1.54) is 22.9 Å². The highest BCUT2D eigenvalue weighted by Gasteiger charge is 2.15. The molecule has 0 saturated heterocycles. The second kappa shape index (κ2) is 10.9. The van der Waals surface area contributed by atoms with Gasteiger partial charge in [0, 0.05) is 17.6 Å². The fourth-order valence-corrected chi connectivity index (χ4v) is 4.90. The number of thioether (sulfide) groups is 1. The Morgan fingerprint density at radius 2 is 1.72 bits per heavy atom. The number of hydrogen-bond donors (Lipinski definition) is 1. The van der Waals surface area contributed by atoms with Crippen molar-refractivity contribution in [1.29, 1.82) is 0 Å². The maximum atomic E-state index is 12.6. The Bertz CT molecular complexity index is 1480. The molecule has 7 heteroatoms. The van der Waals surface area contributed by atoms with E-state index in [0.717, 1.165) is 47.1 Å². The molecule has 6 nitrogen and oxygen atoms in total. The summed E-state index contributed by atoms with van der Waals surface area (Å²) in [5.74, 6) is 0.627. The van der Waals surface area contributed by atoms with Gasteiger partial charge in [-0.05, 0) is 48.1 Å². The number of aromatic nitrogens is 4. The van der Waals surface area contributed by atoms with Crippen LogP contribution in [0.25, 0.3) is 22.1 Å². The molecule has 2 heterocycles. The zero-order valence-corrected chi connectivity index (χ0v) is 21.3. The van der Waals surface area contributed by atoms with Crippen molar-refractivity contribution >= 4 is 45.4 Å². The first-order chi connectivity index (χ1) is 17.6. The average molecular weight is 496 g/mol. The molecule has 182 valence electrons. The van der Waals surface area contributed by atoms with Gasteiger partial charge in [0.2, 0.25) is 11.1 Å². The van der Waals surface area contributed by atoms with E-state index in [0.29, 0.717) is 11.1 Å². The van der Waals surface area contributed by atoms with Gasteiger partial charge in [-0.1, -0.05) is 86.3 Å². The standard InChI is InChI=1S/C29H29N5OS/c1-3-20(2)22-13-15-23(16-14-22)30-26(35)19-36-29-31-28-27(32-33-29)24-11-7-8-12-25(24)34(28)18-17-21-9-5-4-6-10-21/h4-16,20H,3,17-19H2,1-2H3,(H,30,35)/t20-/m1/s1. The Morgan fingerprint density at radius 3 is 2.50 bits per heavy atom. The molecule has 1 N–H and O–H groups in total. The van der Waals surface area contributed by atoms with Gasteiger partial charge in [-0.25, -0.2) is 4.98 Å². The minimum atomic E-state index is -0.0930. The molecule has 36 heavy (non-hydrogen) atoms. The molecule has 0 unspecified atom stereocenters. The monoisotopic (exact) mass is 495 g/mol. The predicted octanol–water partition coefficient (Wildman–Crippen LogP) is 6.47. The van der Waals surface area contributed by atoms with Gasteiger partial charge in [0.05, 0.1) is 11.3 Å². The maximum Gasteiger partial charge on any atom is 0.234 e. The lowest BCUT2D eigenvalue weighted by Crippen LogP contribution is -2.14. The minimum absolute atomic E-state index is 0.0930. The van der Waals surface area contributed by atoms with Crippen molar-refractivity contribution in [2.45, 2.75) is 44.3 Å². The number of benzene rings is 3. The number of anilines is 1. The number of carbonyl (C=O) groups excluding carboxylic acids is 1. The molecule has 2 aromatic heterocycles. The van der Waals surface area contributed by atoms with Crippen LogP contribution in [0.1, 0.15) is 37.3 Å². The minimum Gasteiger partial charge on any atom is -0.325 e. The van der Waals surface area contributed by atoms with Crippen LogP contribution in [0, 0.1) is 0 Å². The van der Waals surface area contributed by atoms with E-state index in [4.69, 9.17) is 4.98 Å². The zero-order chi connectivity index (χ0) is 24.9. The average Bonchev–Trinajstić information content (AvgIpc) is 3.24. The van der Waals surface area contributed by atoms with Crippen LogP contribution >= 0.6 is 11.8 Å². The Balaban J connectivity index is 1.31. The van der Waals surface area contributed by atoms with Crippen molar-refractivity contribution in [3.05, 3.63) is 90.0 Å². The summed E-state index contributed by atoms with van der Waals surface area (Å²) in [6.07, 6.45) is 1.98. The van der Waals surface area contributed by atoms with E-state index in [-0.39, 0.29) is 11.7 Å². The summed E-state index contributed by atoms with van der Waals surface area (Å²) in [7, 11) is 0. The van der Waals surface area contributed by atoms with Crippen LogP contribution in [0.5, 0.6) is 0 Å². The molecule has 0 bridgehead atoms. The van der Waals surface area contributed by atoms with Crippen LogP contribution in [-0.2, 0) is 17.8 Å². The van der Waals surface area contributed by atoms with Crippen molar-refractivity contribution in [2.75, 3.05) is 11.1 Å². The van der Waals surface area contributed by atoms with E-state index in [1.807, 2.05) is 30.3 Å². The molecule has 5 aromatic rings. The van der Waals surface area contributed by atoms with Crippen molar-refractivity contribution in [1.82, 2.24) is 19.7 Å². The Labute approximate surface area is 215 Å². The molecule has 3 aromatic carbocycles. The molecule has 0 radical (unpaired) electrons. The largest absolute Gasteiger partial charge is 0.325 e. The SMILES string of the molecule is CC[C@@H](C)c1ccc(NC(=O)CSc2nnc3c4ccccc4n(CCc4ccccc4)c3n2)cc1. The molecule has 1 atom stereocenters. The van der Waals surface area contributed by atoms with Crippen LogP contribution in [0.2, 0.25) is 0 Å². The summed E-state index contributed by atoms with van der Waals surface area (Å²) >= 11 is 1.30. The van der Waals surface area contributed by atoms with Crippen molar-refractivity contribution in [2.24, 2.45) is 0 Å². The highest BCUT2D eigenvalue weighted by molar-refractivity contribution is 7.99. The third-order valence-corrected chi connectivity index (χ3v) is 7.37. The maximum absolute atomic E-state index is 12.6. The molecular formula is C29H29N5OS. The van der Waals surface area contributed by atoms with Gasteiger partial charge in [-0.3, -0.25) is 4.79 Å². The third kappa shape index (κ3) is 5.26. The lowest BCUT2D eigenvalue weighted by molar-refractivity contribution is -0.113. The number of para-hydroxylation sites is 1. The number of amides is 1. The number of fused-ring (bicyclic) bond motifs is 3. The third-order valence-electron chi connectivity index (χ3n) is 6.53.